The highest BCUT2D eigenvalue weighted by Crippen LogP contribution is 2.52. The monoisotopic (exact) mass is 983 g/mol. The van der Waals surface area contributed by atoms with Crippen molar-refractivity contribution >= 4 is 67.4 Å². The van der Waals surface area contributed by atoms with Crippen LogP contribution in [0.2, 0.25) is 0 Å². The van der Waals surface area contributed by atoms with E-state index in [4.69, 9.17) is 0 Å². The number of benzene rings is 13. The summed E-state index contributed by atoms with van der Waals surface area (Å²) in [5, 5.41) is 10.2. The van der Waals surface area contributed by atoms with Crippen LogP contribution in [0.25, 0.3) is 77.2 Å². The van der Waals surface area contributed by atoms with Crippen LogP contribution in [0.15, 0.2) is 322 Å². The van der Waals surface area contributed by atoms with Crippen LogP contribution in [-0.4, -0.2) is 8.07 Å². The van der Waals surface area contributed by atoms with Crippen molar-refractivity contribution in [2.75, 3.05) is 4.90 Å². The van der Waals surface area contributed by atoms with E-state index in [2.05, 4.69) is 326 Å². The van der Waals surface area contributed by atoms with Crippen molar-refractivity contribution in [1.29, 1.82) is 0 Å². The van der Waals surface area contributed by atoms with Crippen LogP contribution in [0.4, 0.5) is 17.1 Å². The van der Waals surface area contributed by atoms with Crippen LogP contribution in [-0.2, 0) is 0 Å². The summed E-state index contributed by atoms with van der Waals surface area (Å²) in [6, 6.07) is 118. The summed E-state index contributed by atoms with van der Waals surface area (Å²) in [5.74, 6) is 0. The Balaban J connectivity index is 1.02. The van der Waals surface area contributed by atoms with Gasteiger partial charge < -0.3 is 4.90 Å². The summed E-state index contributed by atoms with van der Waals surface area (Å²) in [5.41, 5.74) is 15.3. The first-order valence-electron chi connectivity index (χ1n) is 26.3. The molecule has 0 fully saturated rings. The topological polar surface area (TPSA) is 3.24 Å². The third-order valence-electron chi connectivity index (χ3n) is 15.2. The molecule has 0 saturated heterocycles. The molecule has 13 aromatic carbocycles. The van der Waals surface area contributed by atoms with Gasteiger partial charge in [0, 0.05) is 16.8 Å². The number of nitrogens with zero attached hydrogens (tertiary/aromatic N) is 1. The third-order valence-corrected chi connectivity index (χ3v) is 20.0. The lowest BCUT2D eigenvalue weighted by molar-refractivity contribution is 1.30. The Morgan fingerprint density at radius 2 is 0.566 bits per heavy atom. The lowest BCUT2D eigenvalue weighted by Crippen LogP contribution is -2.74. The lowest BCUT2D eigenvalue weighted by atomic mass is 9.78. The van der Waals surface area contributed by atoms with Gasteiger partial charge in [0.05, 0.1) is 5.69 Å². The highest BCUT2D eigenvalue weighted by Gasteiger charge is 2.41. The summed E-state index contributed by atoms with van der Waals surface area (Å²) in [6.07, 6.45) is 0. The van der Waals surface area contributed by atoms with Crippen molar-refractivity contribution in [1.82, 2.24) is 0 Å². The van der Waals surface area contributed by atoms with Crippen molar-refractivity contribution in [3.63, 3.8) is 0 Å². The molecular weight excluding hydrogens is 931 g/mol. The highest BCUT2D eigenvalue weighted by molar-refractivity contribution is 7.19. The van der Waals surface area contributed by atoms with E-state index in [1.54, 1.807) is 0 Å². The van der Waals surface area contributed by atoms with E-state index in [-0.39, 0.29) is 0 Å². The summed E-state index contributed by atoms with van der Waals surface area (Å²) >= 11 is 0. The molecule has 0 saturated carbocycles. The minimum absolute atomic E-state index is 1.10. The molecule has 0 radical (unpaired) electrons. The molecule has 0 bridgehead atoms. The van der Waals surface area contributed by atoms with Gasteiger partial charge in [-0.05, 0) is 129 Å². The van der Waals surface area contributed by atoms with Gasteiger partial charge in [0.1, 0.15) is 0 Å². The Bertz CT molecular complexity index is 4000. The second-order valence-electron chi connectivity index (χ2n) is 19.5. The Morgan fingerprint density at radius 3 is 1.03 bits per heavy atom. The summed E-state index contributed by atoms with van der Waals surface area (Å²) in [4.78, 5) is 2.43. The number of hydrogen-bond donors (Lipinski definition) is 0. The molecule has 0 aromatic heterocycles. The van der Waals surface area contributed by atoms with Crippen molar-refractivity contribution in [3.05, 3.63) is 322 Å². The number of rotatable bonds is 12. The van der Waals surface area contributed by atoms with E-state index in [1.165, 1.54) is 92.4 Å². The molecule has 13 rings (SSSR count). The van der Waals surface area contributed by atoms with Crippen LogP contribution in [0, 0.1) is 0 Å². The molecule has 0 aliphatic carbocycles. The standard InChI is InChI=1S/C74H53NSi/c1-9-27-54(28-10-1)71-68-50-45-58(53-69(68)72(55-29-11-2-12-30-55)74(57-33-15-4-16-34-57)73(71)56-31-13-3-14-32-56)65-51-52-70(67-44-26-25-43-66(65)67)75(59-35-17-5-18-36-59)60-46-48-64(49-47-60)76(61-37-19-6-20-38-61,62-39-21-7-22-40-62)63-41-23-8-24-42-63/h1-53H. The Kier molecular flexibility index (Phi) is 12.4. The molecule has 0 amide bonds. The maximum Gasteiger partial charge on any atom is 0.179 e. The van der Waals surface area contributed by atoms with Crippen LogP contribution in [0.3, 0.4) is 0 Å². The zero-order valence-electron chi connectivity index (χ0n) is 42.0. The highest BCUT2D eigenvalue weighted by atomic mass is 28.3. The molecule has 0 N–H and O–H groups in total. The number of hydrogen-bond acceptors (Lipinski definition) is 1. The Hall–Kier alpha value is -9.60. The van der Waals surface area contributed by atoms with Gasteiger partial charge in [0.15, 0.2) is 8.07 Å². The number of para-hydroxylation sites is 1. The van der Waals surface area contributed by atoms with E-state index < -0.39 is 8.07 Å². The predicted octanol–water partition coefficient (Wildman–Crippen LogP) is 17.2. The zero-order valence-corrected chi connectivity index (χ0v) is 43.0. The lowest BCUT2D eigenvalue weighted by Gasteiger charge is -2.35. The van der Waals surface area contributed by atoms with Crippen molar-refractivity contribution in [3.8, 4) is 55.6 Å². The molecule has 0 spiro atoms. The van der Waals surface area contributed by atoms with Crippen LogP contribution in [0.5, 0.6) is 0 Å². The summed E-state index contributed by atoms with van der Waals surface area (Å²) in [7, 11) is -2.74. The van der Waals surface area contributed by atoms with E-state index in [0.29, 0.717) is 0 Å². The van der Waals surface area contributed by atoms with Crippen molar-refractivity contribution in [2.24, 2.45) is 0 Å². The first kappa shape index (κ1) is 46.2. The second kappa shape index (κ2) is 20.4. The molecule has 0 unspecified atom stereocenters. The smallest absolute Gasteiger partial charge is 0.179 e. The molecule has 2 heteroatoms. The second-order valence-corrected chi connectivity index (χ2v) is 23.3. The van der Waals surface area contributed by atoms with Gasteiger partial charge in [-0.3, -0.25) is 0 Å². The van der Waals surface area contributed by atoms with E-state index in [1.807, 2.05) is 0 Å². The molecule has 1 nitrogen and oxygen atoms in total. The number of anilines is 3. The fraction of sp³-hybridized carbons (Fsp3) is 0. The molecule has 358 valence electrons. The fourth-order valence-corrected chi connectivity index (χ4v) is 16.7. The van der Waals surface area contributed by atoms with Crippen molar-refractivity contribution in [2.45, 2.75) is 0 Å². The van der Waals surface area contributed by atoms with Gasteiger partial charge in [-0.1, -0.05) is 285 Å². The molecule has 0 aliphatic heterocycles. The average Bonchev–Trinajstić information content (AvgIpc) is 3.53. The molecule has 0 aliphatic rings. The van der Waals surface area contributed by atoms with Gasteiger partial charge in [-0.2, -0.15) is 0 Å². The van der Waals surface area contributed by atoms with E-state index in [0.717, 1.165) is 22.6 Å². The van der Waals surface area contributed by atoms with E-state index in [9.17, 15) is 0 Å². The Labute approximate surface area is 447 Å². The maximum atomic E-state index is 2.46. The van der Waals surface area contributed by atoms with Crippen LogP contribution >= 0.6 is 0 Å². The van der Waals surface area contributed by atoms with Gasteiger partial charge in [0.2, 0.25) is 0 Å². The SMILES string of the molecule is c1ccc(-c2c(-c3ccccc3)c(-c3ccccc3)c3cc(-c4ccc(N(c5ccccc5)c5ccc([Si](c6ccccc6)(c6ccccc6)c6ccccc6)cc5)c5ccccc45)ccc3c2-c2ccccc2)cc1. The summed E-state index contributed by atoms with van der Waals surface area (Å²) in [6.45, 7) is 0. The van der Waals surface area contributed by atoms with Gasteiger partial charge in [0.25, 0.3) is 0 Å². The third kappa shape index (κ3) is 8.22. The minimum Gasteiger partial charge on any atom is -0.310 e. The molecule has 0 heterocycles. The van der Waals surface area contributed by atoms with E-state index >= 15 is 0 Å². The van der Waals surface area contributed by atoms with Gasteiger partial charge in [-0.15, -0.1) is 0 Å². The summed E-state index contributed by atoms with van der Waals surface area (Å²) < 4.78 is 0. The normalized spacial score (nSPS) is 11.4. The first-order valence-corrected chi connectivity index (χ1v) is 28.3. The predicted molar refractivity (Wildman–Crippen MR) is 327 cm³/mol. The zero-order chi connectivity index (χ0) is 50.7. The van der Waals surface area contributed by atoms with Crippen molar-refractivity contribution < 1.29 is 0 Å². The maximum absolute atomic E-state index is 2.74. The molecule has 13 aromatic rings. The minimum atomic E-state index is -2.74. The average molecular weight is 984 g/mol. The van der Waals surface area contributed by atoms with Crippen LogP contribution in [0.1, 0.15) is 0 Å². The molecule has 76 heavy (non-hydrogen) atoms. The molecule has 0 atom stereocenters. The first-order chi connectivity index (χ1) is 37.8. The Morgan fingerprint density at radius 1 is 0.211 bits per heavy atom. The quantitative estimate of drug-likeness (QED) is 0.0871. The number of fused-ring (bicyclic) bond motifs is 2. The fourth-order valence-electron chi connectivity index (χ4n) is 11.9. The van der Waals surface area contributed by atoms with Gasteiger partial charge >= 0.3 is 0 Å². The largest absolute Gasteiger partial charge is 0.310 e. The van der Waals surface area contributed by atoms with Gasteiger partial charge in [-0.25, -0.2) is 0 Å². The van der Waals surface area contributed by atoms with Crippen LogP contribution < -0.4 is 25.6 Å². The molecular formula is C74H53NSi.